The van der Waals surface area contributed by atoms with Gasteiger partial charge in [-0.1, -0.05) is 19.1 Å². The van der Waals surface area contributed by atoms with Gasteiger partial charge in [0.05, 0.1) is 6.42 Å². The van der Waals surface area contributed by atoms with Crippen LogP contribution in [-0.4, -0.2) is 19.5 Å². The van der Waals surface area contributed by atoms with Crippen molar-refractivity contribution in [2.24, 2.45) is 5.92 Å². The van der Waals surface area contributed by atoms with Crippen LogP contribution < -0.4 is 10.2 Å². The lowest BCUT2D eigenvalue weighted by molar-refractivity contribution is -0.117. The first-order chi connectivity index (χ1) is 8.16. The molecular formula is C14H18N2O. The maximum Gasteiger partial charge on any atom is 0.231 e. The summed E-state index contributed by atoms with van der Waals surface area (Å²) in [5.74, 6) is 0.882. The molecule has 3 nitrogen and oxygen atoms in total. The molecule has 0 saturated carbocycles. The van der Waals surface area contributed by atoms with E-state index >= 15 is 0 Å². The first-order valence-corrected chi connectivity index (χ1v) is 6.29. The molecule has 2 atom stereocenters. The lowest BCUT2D eigenvalue weighted by atomic mass is 9.94. The zero-order chi connectivity index (χ0) is 12.0. The third-order valence-electron chi connectivity index (χ3n) is 4.07. The summed E-state index contributed by atoms with van der Waals surface area (Å²) in [4.78, 5) is 13.4. The number of anilines is 1. The summed E-state index contributed by atoms with van der Waals surface area (Å²) in [6, 6.07) is 6.91. The van der Waals surface area contributed by atoms with E-state index < -0.39 is 0 Å². The van der Waals surface area contributed by atoms with Gasteiger partial charge in [0.15, 0.2) is 0 Å². The summed E-state index contributed by atoms with van der Waals surface area (Å²) >= 11 is 0. The van der Waals surface area contributed by atoms with Gasteiger partial charge in [-0.3, -0.25) is 4.79 Å². The van der Waals surface area contributed by atoms with Gasteiger partial charge in [-0.05, 0) is 36.1 Å². The summed E-state index contributed by atoms with van der Waals surface area (Å²) in [6.07, 6.45) is 1.79. The SMILES string of the molecule is C[C@H]1CCN[C@@H]1c1ccc2c(c1)CC(=O)N2C. The summed E-state index contributed by atoms with van der Waals surface area (Å²) < 4.78 is 0. The Kier molecular flexibility index (Phi) is 2.44. The van der Waals surface area contributed by atoms with Crippen molar-refractivity contribution < 1.29 is 4.79 Å². The Bertz CT molecular complexity index is 469. The fourth-order valence-corrected chi connectivity index (χ4v) is 2.96. The maximum absolute atomic E-state index is 11.6. The van der Waals surface area contributed by atoms with Crippen LogP contribution >= 0.6 is 0 Å². The van der Waals surface area contributed by atoms with Gasteiger partial charge in [0.2, 0.25) is 5.91 Å². The molecule has 0 unspecified atom stereocenters. The monoisotopic (exact) mass is 230 g/mol. The Morgan fingerprint density at radius 1 is 1.41 bits per heavy atom. The molecule has 3 heteroatoms. The number of carbonyl (C=O) groups excluding carboxylic acids is 1. The zero-order valence-electron chi connectivity index (χ0n) is 10.4. The molecule has 1 saturated heterocycles. The number of nitrogens with one attached hydrogen (secondary N) is 1. The first-order valence-electron chi connectivity index (χ1n) is 6.29. The molecule has 3 rings (SSSR count). The number of nitrogens with zero attached hydrogens (tertiary/aromatic N) is 1. The molecule has 0 aliphatic carbocycles. The second kappa shape index (κ2) is 3.84. The molecule has 2 aliphatic rings. The van der Waals surface area contributed by atoms with Crippen LogP contribution in [-0.2, 0) is 11.2 Å². The van der Waals surface area contributed by atoms with Gasteiger partial charge in [-0.2, -0.15) is 0 Å². The molecule has 17 heavy (non-hydrogen) atoms. The summed E-state index contributed by atoms with van der Waals surface area (Å²) in [5, 5.41) is 3.54. The molecule has 1 N–H and O–H groups in total. The molecule has 2 heterocycles. The number of hydrogen-bond acceptors (Lipinski definition) is 2. The Hall–Kier alpha value is -1.35. The van der Waals surface area contributed by atoms with Gasteiger partial charge in [0.25, 0.3) is 0 Å². The van der Waals surface area contributed by atoms with E-state index in [9.17, 15) is 4.79 Å². The highest BCUT2D eigenvalue weighted by Gasteiger charge is 2.28. The predicted molar refractivity (Wildman–Crippen MR) is 68.1 cm³/mol. The summed E-state index contributed by atoms with van der Waals surface area (Å²) in [5.41, 5.74) is 3.58. The van der Waals surface area contributed by atoms with Crippen molar-refractivity contribution >= 4 is 11.6 Å². The number of likely N-dealkylation sites (N-methyl/N-ethyl adjacent to an activating group) is 1. The minimum atomic E-state index is 0.199. The molecule has 1 amide bonds. The van der Waals surface area contributed by atoms with Crippen molar-refractivity contribution in [2.45, 2.75) is 25.8 Å². The van der Waals surface area contributed by atoms with Crippen molar-refractivity contribution in [1.82, 2.24) is 5.32 Å². The van der Waals surface area contributed by atoms with E-state index in [0.29, 0.717) is 18.4 Å². The van der Waals surface area contributed by atoms with E-state index in [1.54, 1.807) is 4.90 Å². The lowest BCUT2D eigenvalue weighted by Gasteiger charge is -2.17. The highest BCUT2D eigenvalue weighted by molar-refractivity contribution is 6.00. The average molecular weight is 230 g/mol. The number of benzene rings is 1. The Balaban J connectivity index is 1.95. The highest BCUT2D eigenvalue weighted by atomic mass is 16.2. The third-order valence-corrected chi connectivity index (χ3v) is 4.07. The van der Waals surface area contributed by atoms with E-state index in [2.05, 4.69) is 30.4 Å². The van der Waals surface area contributed by atoms with E-state index in [1.165, 1.54) is 17.5 Å². The lowest BCUT2D eigenvalue weighted by Crippen LogP contribution is -2.20. The molecule has 0 spiro atoms. The largest absolute Gasteiger partial charge is 0.315 e. The van der Waals surface area contributed by atoms with Gasteiger partial charge in [-0.15, -0.1) is 0 Å². The molecule has 1 aromatic carbocycles. The van der Waals surface area contributed by atoms with Gasteiger partial charge in [0, 0.05) is 18.8 Å². The maximum atomic E-state index is 11.6. The molecule has 1 fully saturated rings. The van der Waals surface area contributed by atoms with Crippen LogP contribution in [0.25, 0.3) is 0 Å². The van der Waals surface area contributed by atoms with Crippen molar-refractivity contribution in [1.29, 1.82) is 0 Å². The molecule has 2 aliphatic heterocycles. The van der Waals surface area contributed by atoms with Crippen LogP contribution in [0.2, 0.25) is 0 Å². The fourth-order valence-electron chi connectivity index (χ4n) is 2.96. The van der Waals surface area contributed by atoms with Gasteiger partial charge >= 0.3 is 0 Å². The molecule has 90 valence electrons. The topological polar surface area (TPSA) is 32.3 Å². The standard InChI is InChI=1S/C14H18N2O/c1-9-5-6-15-14(9)10-3-4-12-11(7-10)8-13(17)16(12)2/h3-4,7,9,14-15H,5-6,8H2,1-2H3/t9-,14-/m0/s1. The smallest absolute Gasteiger partial charge is 0.231 e. The minimum absolute atomic E-state index is 0.199. The van der Waals surface area contributed by atoms with Crippen LogP contribution in [0, 0.1) is 5.92 Å². The first kappa shape index (κ1) is 10.8. The second-order valence-electron chi connectivity index (χ2n) is 5.22. The minimum Gasteiger partial charge on any atom is -0.315 e. The van der Waals surface area contributed by atoms with Crippen molar-refractivity contribution in [3.63, 3.8) is 0 Å². The molecule has 1 aromatic rings. The third kappa shape index (κ3) is 1.65. The predicted octanol–water partition coefficient (Wildman–Crippen LogP) is 1.88. The van der Waals surface area contributed by atoms with Crippen molar-refractivity contribution in [3.8, 4) is 0 Å². The number of fused-ring (bicyclic) bond motifs is 1. The Morgan fingerprint density at radius 2 is 2.24 bits per heavy atom. The summed E-state index contributed by atoms with van der Waals surface area (Å²) in [6.45, 7) is 3.39. The molecular weight excluding hydrogens is 212 g/mol. The van der Waals surface area contributed by atoms with Crippen LogP contribution in [0.3, 0.4) is 0 Å². The van der Waals surface area contributed by atoms with Gasteiger partial charge < -0.3 is 10.2 Å². The number of carbonyl (C=O) groups is 1. The highest BCUT2D eigenvalue weighted by Crippen LogP contribution is 2.34. The van der Waals surface area contributed by atoms with Crippen molar-refractivity contribution in [2.75, 3.05) is 18.5 Å². The van der Waals surface area contributed by atoms with Gasteiger partial charge in [0.1, 0.15) is 0 Å². The summed E-state index contributed by atoms with van der Waals surface area (Å²) in [7, 11) is 1.85. The van der Waals surface area contributed by atoms with E-state index in [1.807, 2.05) is 7.05 Å². The molecule has 0 aromatic heterocycles. The van der Waals surface area contributed by atoms with E-state index in [-0.39, 0.29) is 5.91 Å². The molecule has 0 radical (unpaired) electrons. The molecule has 0 bridgehead atoms. The normalized spacial score (nSPS) is 27.6. The quantitative estimate of drug-likeness (QED) is 0.799. The average Bonchev–Trinajstić information content (AvgIpc) is 2.84. The van der Waals surface area contributed by atoms with Crippen LogP contribution in [0.1, 0.15) is 30.5 Å². The second-order valence-corrected chi connectivity index (χ2v) is 5.22. The van der Waals surface area contributed by atoms with E-state index in [0.717, 1.165) is 12.2 Å². The van der Waals surface area contributed by atoms with Crippen LogP contribution in [0.15, 0.2) is 18.2 Å². The van der Waals surface area contributed by atoms with Crippen LogP contribution in [0.4, 0.5) is 5.69 Å². The number of amides is 1. The zero-order valence-corrected chi connectivity index (χ0v) is 10.4. The Labute approximate surface area is 102 Å². The van der Waals surface area contributed by atoms with Crippen molar-refractivity contribution in [3.05, 3.63) is 29.3 Å². The van der Waals surface area contributed by atoms with Gasteiger partial charge in [-0.25, -0.2) is 0 Å². The fraction of sp³-hybridized carbons (Fsp3) is 0.500. The Morgan fingerprint density at radius 3 is 2.94 bits per heavy atom. The number of hydrogen-bond donors (Lipinski definition) is 1. The number of rotatable bonds is 1. The van der Waals surface area contributed by atoms with Crippen LogP contribution in [0.5, 0.6) is 0 Å². The van der Waals surface area contributed by atoms with E-state index in [4.69, 9.17) is 0 Å².